The van der Waals surface area contributed by atoms with Crippen molar-refractivity contribution in [2.75, 3.05) is 26.2 Å². The first-order chi connectivity index (χ1) is 7.13. The van der Waals surface area contributed by atoms with E-state index in [9.17, 15) is 0 Å². The van der Waals surface area contributed by atoms with Crippen molar-refractivity contribution in [2.24, 2.45) is 0 Å². The molecule has 90 valence electrons. The molecule has 1 saturated heterocycles. The normalized spacial score (nSPS) is 28.6. The number of hydrogen-bond acceptors (Lipinski definition) is 3. The number of rotatable bonds is 5. The van der Waals surface area contributed by atoms with Gasteiger partial charge in [-0.1, -0.05) is 6.92 Å². The van der Waals surface area contributed by atoms with Crippen LogP contribution in [0.25, 0.3) is 0 Å². The molecule has 2 unspecified atom stereocenters. The number of ether oxygens (including phenoxy) is 1. The molecule has 0 aliphatic carbocycles. The SMILES string of the molecule is CCC1CNC(C)CN1CCOC(C)C. The van der Waals surface area contributed by atoms with Crippen LogP contribution in [-0.4, -0.2) is 49.3 Å². The summed E-state index contributed by atoms with van der Waals surface area (Å²) in [6.45, 7) is 12.9. The van der Waals surface area contributed by atoms with Crippen molar-refractivity contribution in [1.82, 2.24) is 10.2 Å². The van der Waals surface area contributed by atoms with E-state index >= 15 is 0 Å². The number of hydrogen-bond donors (Lipinski definition) is 1. The average Bonchev–Trinajstić information content (AvgIpc) is 2.17. The van der Waals surface area contributed by atoms with Crippen LogP contribution in [0.1, 0.15) is 34.1 Å². The minimum atomic E-state index is 0.352. The molecule has 3 heteroatoms. The molecule has 1 N–H and O–H groups in total. The molecule has 1 aliphatic heterocycles. The summed E-state index contributed by atoms with van der Waals surface area (Å²) >= 11 is 0. The third-order valence-corrected chi connectivity index (χ3v) is 3.03. The molecule has 0 radical (unpaired) electrons. The van der Waals surface area contributed by atoms with E-state index in [2.05, 4.69) is 37.9 Å². The lowest BCUT2D eigenvalue weighted by Crippen LogP contribution is -2.55. The number of piperazine rings is 1. The Morgan fingerprint density at radius 2 is 2.20 bits per heavy atom. The van der Waals surface area contributed by atoms with E-state index in [-0.39, 0.29) is 0 Å². The highest BCUT2D eigenvalue weighted by Crippen LogP contribution is 2.09. The van der Waals surface area contributed by atoms with Crippen molar-refractivity contribution in [2.45, 2.75) is 52.3 Å². The van der Waals surface area contributed by atoms with Crippen LogP contribution in [0.2, 0.25) is 0 Å². The Labute approximate surface area is 94.2 Å². The quantitative estimate of drug-likeness (QED) is 0.750. The Morgan fingerprint density at radius 1 is 1.47 bits per heavy atom. The highest BCUT2D eigenvalue weighted by molar-refractivity contribution is 4.83. The Bertz CT molecular complexity index is 173. The first-order valence-corrected chi connectivity index (χ1v) is 6.22. The maximum atomic E-state index is 5.61. The lowest BCUT2D eigenvalue weighted by atomic mass is 10.1. The van der Waals surface area contributed by atoms with Crippen LogP contribution in [0.15, 0.2) is 0 Å². The first kappa shape index (κ1) is 12.9. The summed E-state index contributed by atoms with van der Waals surface area (Å²) in [7, 11) is 0. The predicted molar refractivity (Wildman–Crippen MR) is 64.2 cm³/mol. The van der Waals surface area contributed by atoms with Gasteiger partial charge in [-0.25, -0.2) is 0 Å². The molecule has 0 aromatic heterocycles. The van der Waals surface area contributed by atoms with Gasteiger partial charge in [0.2, 0.25) is 0 Å². The van der Waals surface area contributed by atoms with Gasteiger partial charge in [-0.3, -0.25) is 4.90 Å². The van der Waals surface area contributed by atoms with Gasteiger partial charge in [0.25, 0.3) is 0 Å². The molecule has 2 atom stereocenters. The minimum Gasteiger partial charge on any atom is -0.377 e. The summed E-state index contributed by atoms with van der Waals surface area (Å²) in [5, 5.41) is 3.53. The van der Waals surface area contributed by atoms with Crippen LogP contribution in [0, 0.1) is 0 Å². The van der Waals surface area contributed by atoms with Crippen molar-refractivity contribution in [3.05, 3.63) is 0 Å². The predicted octanol–water partition coefficient (Wildman–Crippen LogP) is 1.48. The topological polar surface area (TPSA) is 24.5 Å². The van der Waals surface area contributed by atoms with Crippen LogP contribution in [0.5, 0.6) is 0 Å². The van der Waals surface area contributed by atoms with E-state index in [1.165, 1.54) is 6.42 Å². The second kappa shape index (κ2) is 6.46. The summed E-state index contributed by atoms with van der Waals surface area (Å²) in [6.07, 6.45) is 1.58. The lowest BCUT2D eigenvalue weighted by molar-refractivity contribution is 0.0371. The monoisotopic (exact) mass is 214 g/mol. The van der Waals surface area contributed by atoms with Crippen LogP contribution in [-0.2, 0) is 4.74 Å². The molecule has 15 heavy (non-hydrogen) atoms. The molecular formula is C12H26N2O. The Hall–Kier alpha value is -0.120. The molecule has 3 nitrogen and oxygen atoms in total. The molecule has 0 bridgehead atoms. The van der Waals surface area contributed by atoms with E-state index in [4.69, 9.17) is 4.74 Å². The minimum absolute atomic E-state index is 0.352. The van der Waals surface area contributed by atoms with Gasteiger partial charge in [-0.05, 0) is 27.2 Å². The van der Waals surface area contributed by atoms with Crippen molar-refractivity contribution < 1.29 is 4.74 Å². The zero-order chi connectivity index (χ0) is 11.3. The summed E-state index contributed by atoms with van der Waals surface area (Å²) in [5.74, 6) is 0. The third-order valence-electron chi connectivity index (χ3n) is 3.03. The number of nitrogens with zero attached hydrogens (tertiary/aromatic N) is 1. The smallest absolute Gasteiger partial charge is 0.0597 e. The van der Waals surface area contributed by atoms with E-state index in [0.717, 1.165) is 26.2 Å². The Morgan fingerprint density at radius 3 is 2.80 bits per heavy atom. The molecular weight excluding hydrogens is 188 g/mol. The van der Waals surface area contributed by atoms with Gasteiger partial charge in [0, 0.05) is 31.7 Å². The van der Waals surface area contributed by atoms with Gasteiger partial charge in [0.1, 0.15) is 0 Å². The third kappa shape index (κ3) is 4.49. The van der Waals surface area contributed by atoms with E-state index in [1.807, 2.05) is 0 Å². The summed E-state index contributed by atoms with van der Waals surface area (Å²) in [5.41, 5.74) is 0. The molecule has 1 aliphatic rings. The van der Waals surface area contributed by atoms with E-state index < -0.39 is 0 Å². The van der Waals surface area contributed by atoms with Crippen LogP contribution in [0.4, 0.5) is 0 Å². The summed E-state index contributed by atoms with van der Waals surface area (Å²) < 4.78 is 5.61. The van der Waals surface area contributed by atoms with Crippen molar-refractivity contribution in [3.63, 3.8) is 0 Å². The standard InChI is InChI=1S/C12H26N2O/c1-5-12-8-13-11(4)9-14(12)6-7-15-10(2)3/h10-13H,5-9H2,1-4H3. The van der Waals surface area contributed by atoms with Gasteiger partial charge < -0.3 is 10.1 Å². The second-order valence-corrected chi connectivity index (χ2v) is 4.79. The Kier molecular flexibility index (Phi) is 5.58. The Balaban J connectivity index is 2.28. The van der Waals surface area contributed by atoms with E-state index in [0.29, 0.717) is 18.2 Å². The maximum Gasteiger partial charge on any atom is 0.0597 e. The fourth-order valence-corrected chi connectivity index (χ4v) is 2.11. The van der Waals surface area contributed by atoms with Gasteiger partial charge >= 0.3 is 0 Å². The maximum absolute atomic E-state index is 5.61. The summed E-state index contributed by atoms with van der Waals surface area (Å²) in [4.78, 5) is 2.56. The van der Waals surface area contributed by atoms with Crippen LogP contribution < -0.4 is 5.32 Å². The van der Waals surface area contributed by atoms with Crippen molar-refractivity contribution in [3.8, 4) is 0 Å². The first-order valence-electron chi connectivity index (χ1n) is 6.22. The fourth-order valence-electron chi connectivity index (χ4n) is 2.11. The number of nitrogens with one attached hydrogen (secondary N) is 1. The summed E-state index contributed by atoms with van der Waals surface area (Å²) in [6, 6.07) is 1.31. The fraction of sp³-hybridized carbons (Fsp3) is 1.00. The van der Waals surface area contributed by atoms with Gasteiger partial charge in [0.15, 0.2) is 0 Å². The second-order valence-electron chi connectivity index (χ2n) is 4.79. The average molecular weight is 214 g/mol. The highest BCUT2D eigenvalue weighted by atomic mass is 16.5. The molecule has 1 rings (SSSR count). The van der Waals surface area contributed by atoms with Crippen LogP contribution in [0.3, 0.4) is 0 Å². The lowest BCUT2D eigenvalue weighted by Gasteiger charge is -2.39. The van der Waals surface area contributed by atoms with Gasteiger partial charge in [-0.2, -0.15) is 0 Å². The largest absolute Gasteiger partial charge is 0.377 e. The molecule has 1 heterocycles. The van der Waals surface area contributed by atoms with E-state index in [1.54, 1.807) is 0 Å². The van der Waals surface area contributed by atoms with Crippen molar-refractivity contribution >= 4 is 0 Å². The molecule has 1 fully saturated rings. The molecule has 0 aromatic carbocycles. The molecule has 0 spiro atoms. The molecule has 0 amide bonds. The van der Waals surface area contributed by atoms with Gasteiger partial charge in [-0.15, -0.1) is 0 Å². The zero-order valence-corrected chi connectivity index (χ0v) is 10.6. The van der Waals surface area contributed by atoms with Gasteiger partial charge in [0.05, 0.1) is 12.7 Å². The highest BCUT2D eigenvalue weighted by Gasteiger charge is 2.23. The van der Waals surface area contributed by atoms with Crippen molar-refractivity contribution in [1.29, 1.82) is 0 Å². The zero-order valence-electron chi connectivity index (χ0n) is 10.6. The molecule has 0 aromatic rings. The van der Waals surface area contributed by atoms with Crippen LogP contribution >= 0.6 is 0 Å². The molecule has 0 saturated carbocycles.